The number of hydrogen-bond acceptors (Lipinski definition) is 3. The van der Waals surface area contributed by atoms with Gasteiger partial charge in [0.15, 0.2) is 0 Å². The Labute approximate surface area is 144 Å². The number of aromatic nitrogens is 1. The predicted octanol–water partition coefficient (Wildman–Crippen LogP) is 2.98. The highest BCUT2D eigenvalue weighted by Crippen LogP contribution is 2.36. The van der Waals surface area contributed by atoms with Crippen LogP contribution >= 0.6 is 0 Å². The van der Waals surface area contributed by atoms with Gasteiger partial charge in [-0.05, 0) is 56.1 Å². The van der Waals surface area contributed by atoms with Crippen LogP contribution in [0.5, 0.6) is 0 Å². The minimum Gasteiger partial charge on any atom is -0.356 e. The summed E-state index contributed by atoms with van der Waals surface area (Å²) in [5, 5.41) is 6.12. The highest BCUT2D eigenvalue weighted by atomic mass is 16.2. The maximum absolute atomic E-state index is 11.6. The number of carbonyl (C=O) groups excluding carboxylic acids is 2. The minimum atomic E-state index is -0.0145. The molecule has 2 amide bonds. The summed E-state index contributed by atoms with van der Waals surface area (Å²) in [5.41, 5.74) is 0.937. The van der Waals surface area contributed by atoms with Gasteiger partial charge in [-0.15, -0.1) is 0 Å². The number of amides is 2. The Morgan fingerprint density at radius 1 is 1.25 bits per heavy atom. The molecular weight excluding hydrogens is 302 g/mol. The van der Waals surface area contributed by atoms with E-state index in [0.29, 0.717) is 18.3 Å². The first-order chi connectivity index (χ1) is 11.6. The highest BCUT2D eigenvalue weighted by Gasteiger charge is 2.30. The average Bonchev–Trinajstić information content (AvgIpc) is 2.59. The molecule has 1 heterocycles. The third kappa shape index (κ3) is 5.62. The largest absolute Gasteiger partial charge is 0.356 e. The molecule has 0 bridgehead atoms. The molecule has 1 aliphatic carbocycles. The van der Waals surface area contributed by atoms with Gasteiger partial charge in [0, 0.05) is 26.1 Å². The van der Waals surface area contributed by atoms with Gasteiger partial charge < -0.3 is 10.6 Å². The molecule has 0 aromatic carbocycles. The quantitative estimate of drug-likeness (QED) is 0.807. The fourth-order valence-corrected chi connectivity index (χ4v) is 3.51. The van der Waals surface area contributed by atoms with Crippen LogP contribution in [0.3, 0.4) is 0 Å². The van der Waals surface area contributed by atoms with Crippen LogP contribution in [0.25, 0.3) is 0 Å². The van der Waals surface area contributed by atoms with Crippen molar-refractivity contribution in [1.29, 1.82) is 0 Å². The third-order valence-electron chi connectivity index (χ3n) is 4.79. The minimum absolute atomic E-state index is 0.0143. The number of hydrogen-bond donors (Lipinski definition) is 2. The summed E-state index contributed by atoms with van der Waals surface area (Å²) in [6.07, 6.45) is 7.55. The molecule has 1 aromatic heterocycles. The van der Waals surface area contributed by atoms with Crippen LogP contribution in [0.1, 0.15) is 64.1 Å². The van der Waals surface area contributed by atoms with Crippen molar-refractivity contribution in [3.05, 3.63) is 30.1 Å². The molecule has 132 valence electrons. The zero-order valence-corrected chi connectivity index (χ0v) is 14.8. The smallest absolute Gasteiger partial charge is 0.219 e. The SMILES string of the molecule is CCCC(=O)NCC1CCC(C(NC(C)=O)c2ccccn2)CC1. The van der Waals surface area contributed by atoms with E-state index >= 15 is 0 Å². The fraction of sp³-hybridized carbons (Fsp3) is 0.632. The number of nitrogens with zero attached hydrogens (tertiary/aromatic N) is 1. The molecule has 1 unspecified atom stereocenters. The lowest BCUT2D eigenvalue weighted by Gasteiger charge is -2.34. The van der Waals surface area contributed by atoms with E-state index in [1.807, 2.05) is 25.1 Å². The van der Waals surface area contributed by atoms with Gasteiger partial charge in [-0.3, -0.25) is 14.6 Å². The van der Waals surface area contributed by atoms with Crippen LogP contribution in [-0.4, -0.2) is 23.3 Å². The topological polar surface area (TPSA) is 71.1 Å². The number of nitrogens with one attached hydrogen (secondary N) is 2. The lowest BCUT2D eigenvalue weighted by Crippen LogP contribution is -2.36. The van der Waals surface area contributed by atoms with Crippen molar-refractivity contribution in [2.24, 2.45) is 11.8 Å². The van der Waals surface area contributed by atoms with Crippen LogP contribution in [0, 0.1) is 11.8 Å². The summed E-state index contributed by atoms with van der Waals surface area (Å²) in [6, 6.07) is 5.83. The molecule has 5 heteroatoms. The van der Waals surface area contributed by atoms with Gasteiger partial charge in [-0.25, -0.2) is 0 Å². The van der Waals surface area contributed by atoms with Crippen molar-refractivity contribution in [3.63, 3.8) is 0 Å². The van der Waals surface area contributed by atoms with Crippen LogP contribution in [0.4, 0.5) is 0 Å². The zero-order valence-electron chi connectivity index (χ0n) is 14.8. The first-order valence-corrected chi connectivity index (χ1v) is 9.04. The summed E-state index contributed by atoms with van der Waals surface area (Å²) in [7, 11) is 0. The van der Waals surface area contributed by atoms with E-state index in [-0.39, 0.29) is 17.9 Å². The molecule has 24 heavy (non-hydrogen) atoms. The van der Waals surface area contributed by atoms with Gasteiger partial charge >= 0.3 is 0 Å². The fourth-order valence-electron chi connectivity index (χ4n) is 3.51. The second-order valence-electron chi connectivity index (χ2n) is 6.77. The Hall–Kier alpha value is -1.91. The molecule has 1 saturated carbocycles. The number of carbonyl (C=O) groups is 2. The Kier molecular flexibility index (Phi) is 7.22. The van der Waals surface area contributed by atoms with E-state index in [1.165, 1.54) is 0 Å². The summed E-state index contributed by atoms with van der Waals surface area (Å²) < 4.78 is 0. The predicted molar refractivity (Wildman–Crippen MR) is 94.2 cm³/mol. The van der Waals surface area contributed by atoms with Crippen molar-refractivity contribution >= 4 is 11.8 Å². The van der Waals surface area contributed by atoms with Crippen LogP contribution < -0.4 is 10.6 Å². The molecule has 0 saturated heterocycles. The molecule has 0 radical (unpaired) electrons. The van der Waals surface area contributed by atoms with Crippen molar-refractivity contribution in [3.8, 4) is 0 Å². The van der Waals surface area contributed by atoms with E-state index in [2.05, 4.69) is 15.6 Å². The molecule has 5 nitrogen and oxygen atoms in total. The molecule has 2 rings (SSSR count). The van der Waals surface area contributed by atoms with Gasteiger partial charge in [0.25, 0.3) is 0 Å². The van der Waals surface area contributed by atoms with Crippen molar-refractivity contribution in [1.82, 2.24) is 15.6 Å². The Bertz CT molecular complexity index is 525. The summed E-state index contributed by atoms with van der Waals surface area (Å²) >= 11 is 0. The summed E-state index contributed by atoms with van der Waals surface area (Å²) in [5.74, 6) is 1.10. The first kappa shape index (κ1) is 18.4. The van der Waals surface area contributed by atoms with Gasteiger partial charge in [-0.2, -0.15) is 0 Å². The summed E-state index contributed by atoms with van der Waals surface area (Å²) in [4.78, 5) is 27.6. The lowest BCUT2D eigenvalue weighted by molar-refractivity contribution is -0.122. The maximum atomic E-state index is 11.6. The normalized spacial score (nSPS) is 21.8. The second kappa shape index (κ2) is 9.40. The standard InChI is InChI=1S/C19H29N3O2/c1-3-6-18(24)21-13-15-8-10-16(11-9-15)19(22-14(2)23)17-7-4-5-12-20-17/h4-5,7,12,15-16,19H,3,6,8-11,13H2,1-2H3,(H,21,24)(H,22,23). The van der Waals surface area contributed by atoms with Crippen LogP contribution in [0.2, 0.25) is 0 Å². The molecule has 0 aliphatic heterocycles. The molecule has 1 aromatic rings. The van der Waals surface area contributed by atoms with Gasteiger partial charge in [0.2, 0.25) is 11.8 Å². The van der Waals surface area contributed by atoms with E-state index in [9.17, 15) is 9.59 Å². The van der Waals surface area contributed by atoms with Crippen molar-refractivity contribution < 1.29 is 9.59 Å². The molecule has 0 spiro atoms. The lowest BCUT2D eigenvalue weighted by atomic mass is 9.77. The number of rotatable bonds is 7. The van der Waals surface area contributed by atoms with Crippen molar-refractivity contribution in [2.75, 3.05) is 6.54 Å². The summed E-state index contributed by atoms with van der Waals surface area (Å²) in [6.45, 7) is 4.36. The van der Waals surface area contributed by atoms with Crippen LogP contribution in [-0.2, 0) is 9.59 Å². The Morgan fingerprint density at radius 2 is 2.00 bits per heavy atom. The monoisotopic (exact) mass is 331 g/mol. The highest BCUT2D eigenvalue weighted by molar-refractivity contribution is 5.75. The Balaban J connectivity index is 1.88. The average molecular weight is 331 g/mol. The zero-order chi connectivity index (χ0) is 17.4. The van der Waals surface area contributed by atoms with E-state index in [0.717, 1.165) is 44.3 Å². The van der Waals surface area contributed by atoms with E-state index < -0.39 is 0 Å². The molecule has 1 fully saturated rings. The van der Waals surface area contributed by atoms with E-state index in [4.69, 9.17) is 0 Å². The first-order valence-electron chi connectivity index (χ1n) is 9.04. The van der Waals surface area contributed by atoms with Gasteiger partial charge in [0.1, 0.15) is 0 Å². The molecule has 1 atom stereocenters. The van der Waals surface area contributed by atoms with E-state index in [1.54, 1.807) is 13.1 Å². The Morgan fingerprint density at radius 3 is 2.58 bits per heavy atom. The maximum Gasteiger partial charge on any atom is 0.219 e. The van der Waals surface area contributed by atoms with Gasteiger partial charge in [-0.1, -0.05) is 13.0 Å². The van der Waals surface area contributed by atoms with Crippen LogP contribution in [0.15, 0.2) is 24.4 Å². The third-order valence-corrected chi connectivity index (χ3v) is 4.79. The van der Waals surface area contributed by atoms with Crippen molar-refractivity contribution in [2.45, 2.75) is 58.4 Å². The number of pyridine rings is 1. The molecular formula is C19H29N3O2. The van der Waals surface area contributed by atoms with Gasteiger partial charge in [0.05, 0.1) is 11.7 Å². The molecule has 1 aliphatic rings. The second-order valence-corrected chi connectivity index (χ2v) is 6.77. The molecule has 2 N–H and O–H groups in total.